The molecule has 0 aliphatic heterocycles. The molecule has 2 aromatic rings. The smallest absolute Gasteiger partial charge is 0.407 e. The first kappa shape index (κ1) is 20.5. The lowest BCUT2D eigenvalue weighted by molar-refractivity contribution is 0.132. The topological polar surface area (TPSA) is 96.3 Å². The van der Waals surface area contributed by atoms with Crippen LogP contribution in [0.5, 0.6) is 5.88 Å². The second-order valence-electron chi connectivity index (χ2n) is 7.22. The van der Waals surface area contributed by atoms with E-state index in [2.05, 4.69) is 21.7 Å². The molecule has 1 aromatic carbocycles. The summed E-state index contributed by atoms with van der Waals surface area (Å²) in [7, 11) is 1.51. The minimum atomic E-state index is -0.375. The van der Waals surface area contributed by atoms with Gasteiger partial charge in [-0.25, -0.2) is 4.79 Å². The van der Waals surface area contributed by atoms with Gasteiger partial charge in [0.15, 0.2) is 0 Å². The molecule has 1 saturated carbocycles. The van der Waals surface area contributed by atoms with E-state index in [9.17, 15) is 4.79 Å². The fourth-order valence-corrected chi connectivity index (χ4v) is 3.49. The molecule has 0 atom stereocenters. The Morgan fingerprint density at radius 2 is 1.90 bits per heavy atom. The number of benzene rings is 1. The van der Waals surface area contributed by atoms with E-state index in [1.54, 1.807) is 6.07 Å². The van der Waals surface area contributed by atoms with Gasteiger partial charge in [-0.05, 0) is 49.8 Å². The lowest BCUT2D eigenvalue weighted by Crippen LogP contribution is -2.40. The van der Waals surface area contributed by atoms with Crippen molar-refractivity contribution in [3.05, 3.63) is 53.1 Å². The van der Waals surface area contributed by atoms with Crippen molar-refractivity contribution in [3.8, 4) is 11.9 Å². The van der Waals surface area contributed by atoms with Crippen LogP contribution < -0.4 is 15.4 Å². The van der Waals surface area contributed by atoms with Crippen LogP contribution in [0.15, 0.2) is 36.4 Å². The number of carbonyl (C=O) groups is 1. The Morgan fingerprint density at radius 3 is 2.55 bits per heavy atom. The van der Waals surface area contributed by atoms with Gasteiger partial charge in [-0.3, -0.25) is 0 Å². The van der Waals surface area contributed by atoms with Crippen LogP contribution in [0, 0.1) is 18.3 Å². The highest BCUT2D eigenvalue weighted by molar-refractivity contribution is 5.67. The number of amides is 1. The molecule has 0 unspecified atom stereocenters. The number of nitriles is 1. The van der Waals surface area contributed by atoms with Crippen molar-refractivity contribution < 1.29 is 14.3 Å². The van der Waals surface area contributed by atoms with E-state index < -0.39 is 0 Å². The van der Waals surface area contributed by atoms with Crippen LogP contribution in [-0.4, -0.2) is 30.3 Å². The first-order valence-corrected chi connectivity index (χ1v) is 9.78. The molecule has 1 aromatic heterocycles. The van der Waals surface area contributed by atoms with Gasteiger partial charge in [0.25, 0.3) is 0 Å². The van der Waals surface area contributed by atoms with Crippen molar-refractivity contribution in [2.45, 2.75) is 51.3 Å². The number of nitrogens with zero attached hydrogens (tertiary/aromatic N) is 2. The maximum absolute atomic E-state index is 12.0. The molecule has 1 heterocycles. The monoisotopic (exact) mass is 394 g/mol. The predicted molar refractivity (Wildman–Crippen MR) is 110 cm³/mol. The Bertz CT molecular complexity index is 872. The van der Waals surface area contributed by atoms with Gasteiger partial charge < -0.3 is 20.1 Å². The van der Waals surface area contributed by atoms with Gasteiger partial charge in [-0.15, -0.1) is 0 Å². The number of rotatable bonds is 6. The Morgan fingerprint density at radius 1 is 1.21 bits per heavy atom. The molecule has 1 amide bonds. The zero-order valence-corrected chi connectivity index (χ0v) is 16.8. The minimum absolute atomic E-state index is 0.112. The van der Waals surface area contributed by atoms with E-state index in [-0.39, 0.29) is 24.8 Å². The van der Waals surface area contributed by atoms with Gasteiger partial charge in [-0.2, -0.15) is 10.2 Å². The molecule has 152 valence electrons. The second-order valence-corrected chi connectivity index (χ2v) is 7.22. The van der Waals surface area contributed by atoms with Crippen LogP contribution in [0.25, 0.3) is 0 Å². The second kappa shape index (κ2) is 9.78. The van der Waals surface area contributed by atoms with E-state index in [4.69, 9.17) is 14.7 Å². The van der Waals surface area contributed by atoms with E-state index in [1.807, 2.05) is 37.3 Å². The summed E-state index contributed by atoms with van der Waals surface area (Å²) >= 11 is 0. The summed E-state index contributed by atoms with van der Waals surface area (Å²) in [4.78, 5) is 16.5. The van der Waals surface area contributed by atoms with Crippen molar-refractivity contribution in [2.75, 3.05) is 12.4 Å². The molecule has 2 N–H and O–H groups in total. The predicted octanol–water partition coefficient (Wildman–Crippen LogP) is 3.92. The third kappa shape index (κ3) is 5.61. The molecule has 0 saturated heterocycles. The van der Waals surface area contributed by atoms with Gasteiger partial charge in [0.1, 0.15) is 24.1 Å². The third-order valence-corrected chi connectivity index (χ3v) is 5.09. The largest absolute Gasteiger partial charge is 0.480 e. The summed E-state index contributed by atoms with van der Waals surface area (Å²) in [6.07, 6.45) is 3.18. The number of anilines is 1. The fraction of sp³-hybridized carbons (Fsp3) is 0.409. The number of hydrogen-bond donors (Lipinski definition) is 2. The lowest BCUT2D eigenvalue weighted by atomic mass is 9.91. The number of nitrogens with one attached hydrogen (secondary N) is 2. The van der Waals surface area contributed by atoms with Gasteiger partial charge >= 0.3 is 6.09 Å². The molecule has 1 aliphatic carbocycles. The maximum atomic E-state index is 12.0. The Balaban J connectivity index is 1.46. The highest BCUT2D eigenvalue weighted by atomic mass is 16.5. The molecular formula is C22H26N4O3. The highest BCUT2D eigenvalue weighted by Crippen LogP contribution is 2.26. The Hall–Kier alpha value is -3.27. The molecule has 0 radical (unpaired) electrons. The average molecular weight is 394 g/mol. The van der Waals surface area contributed by atoms with Crippen LogP contribution in [-0.2, 0) is 11.3 Å². The van der Waals surface area contributed by atoms with E-state index in [0.29, 0.717) is 11.4 Å². The zero-order valence-electron chi connectivity index (χ0n) is 16.8. The van der Waals surface area contributed by atoms with E-state index in [0.717, 1.165) is 42.6 Å². The number of aromatic nitrogens is 1. The first-order chi connectivity index (χ1) is 14.1. The minimum Gasteiger partial charge on any atom is -0.480 e. The summed E-state index contributed by atoms with van der Waals surface area (Å²) in [6, 6.07) is 13.9. The number of pyridine rings is 1. The molecule has 0 bridgehead atoms. The summed E-state index contributed by atoms with van der Waals surface area (Å²) in [5.74, 6) is 1.07. The van der Waals surface area contributed by atoms with Crippen LogP contribution in [0.3, 0.4) is 0 Å². The highest BCUT2D eigenvalue weighted by Gasteiger charge is 2.24. The van der Waals surface area contributed by atoms with Crippen LogP contribution >= 0.6 is 0 Å². The van der Waals surface area contributed by atoms with E-state index in [1.165, 1.54) is 7.11 Å². The maximum Gasteiger partial charge on any atom is 0.407 e. The number of hydrogen-bond acceptors (Lipinski definition) is 6. The average Bonchev–Trinajstić information content (AvgIpc) is 2.75. The molecule has 3 rings (SSSR count). The number of ether oxygens (including phenoxy) is 2. The van der Waals surface area contributed by atoms with Crippen molar-refractivity contribution >= 4 is 11.9 Å². The first-order valence-electron chi connectivity index (χ1n) is 9.78. The van der Waals surface area contributed by atoms with Gasteiger partial charge in [0.2, 0.25) is 5.88 Å². The molecular weight excluding hydrogens is 368 g/mol. The van der Waals surface area contributed by atoms with Gasteiger partial charge in [0.05, 0.1) is 7.11 Å². The third-order valence-electron chi connectivity index (χ3n) is 5.09. The quantitative estimate of drug-likeness (QED) is 0.771. The Kier molecular flexibility index (Phi) is 6.90. The van der Waals surface area contributed by atoms with Crippen LogP contribution in [0.1, 0.15) is 42.4 Å². The van der Waals surface area contributed by atoms with Crippen molar-refractivity contribution in [1.82, 2.24) is 10.3 Å². The standard InChI is InChI=1S/C22H26N4O3/c1-15-12-17(13-23)21(28-2)26-20(15)24-18-8-10-19(11-9-18)25-22(27)29-14-16-6-4-3-5-7-16/h3-7,12,18-19H,8-11,14H2,1-2H3,(H,24,26)(H,25,27). The number of carbonyl (C=O) groups excluding carboxylic acids is 1. The van der Waals surface area contributed by atoms with Gasteiger partial charge in [-0.1, -0.05) is 30.3 Å². The fourth-order valence-electron chi connectivity index (χ4n) is 3.49. The zero-order chi connectivity index (χ0) is 20.6. The summed E-state index contributed by atoms with van der Waals surface area (Å²) < 4.78 is 10.5. The lowest BCUT2D eigenvalue weighted by Gasteiger charge is -2.30. The van der Waals surface area contributed by atoms with Gasteiger partial charge in [0, 0.05) is 12.1 Å². The SMILES string of the molecule is COc1nc(NC2CCC(NC(=O)OCc3ccccc3)CC2)c(C)cc1C#N. The molecule has 1 aliphatic rings. The summed E-state index contributed by atoms with van der Waals surface area (Å²) in [5, 5.41) is 15.6. The number of alkyl carbamates (subject to hydrolysis) is 1. The summed E-state index contributed by atoms with van der Waals surface area (Å²) in [5.41, 5.74) is 2.31. The van der Waals surface area contributed by atoms with Crippen LogP contribution in [0.4, 0.5) is 10.6 Å². The molecule has 29 heavy (non-hydrogen) atoms. The molecule has 7 nitrogen and oxygen atoms in total. The normalized spacial score (nSPS) is 18.4. The number of methoxy groups -OCH3 is 1. The van der Waals surface area contributed by atoms with Crippen molar-refractivity contribution in [1.29, 1.82) is 5.26 Å². The van der Waals surface area contributed by atoms with Crippen molar-refractivity contribution in [3.63, 3.8) is 0 Å². The molecule has 1 fully saturated rings. The summed E-state index contributed by atoms with van der Waals surface area (Å²) in [6.45, 7) is 2.20. The van der Waals surface area contributed by atoms with Crippen molar-refractivity contribution in [2.24, 2.45) is 0 Å². The Labute approximate surface area is 171 Å². The molecule has 7 heteroatoms. The molecule has 0 spiro atoms. The number of aryl methyl sites for hydroxylation is 1. The van der Waals surface area contributed by atoms with E-state index >= 15 is 0 Å². The van der Waals surface area contributed by atoms with Crippen LogP contribution in [0.2, 0.25) is 0 Å².